The summed E-state index contributed by atoms with van der Waals surface area (Å²) in [4.78, 5) is 32.8. The lowest BCUT2D eigenvalue weighted by atomic mass is 10.3. The molecule has 0 aliphatic heterocycles. The van der Waals surface area contributed by atoms with Gasteiger partial charge in [-0.25, -0.2) is 4.79 Å². The van der Waals surface area contributed by atoms with E-state index in [0.717, 1.165) is 0 Å². The molecule has 3 aromatic rings. The molecule has 1 amide bonds. The summed E-state index contributed by atoms with van der Waals surface area (Å²) in [6.07, 6.45) is 0. The number of carbonyl (C=O) groups excluding carboxylic acids is 1. The maximum absolute atomic E-state index is 12.4. The second-order valence-corrected chi connectivity index (χ2v) is 5.46. The van der Waals surface area contributed by atoms with Gasteiger partial charge in [0, 0.05) is 0 Å². The Labute approximate surface area is 143 Å². The highest BCUT2D eigenvalue weighted by Gasteiger charge is 2.15. The molecule has 0 unspecified atom stereocenters. The third-order valence-electron chi connectivity index (χ3n) is 3.66. The van der Waals surface area contributed by atoms with Crippen molar-refractivity contribution in [2.75, 3.05) is 11.9 Å². The Bertz CT molecular complexity index is 967. The first-order valence-corrected chi connectivity index (χ1v) is 7.86. The molecule has 0 aliphatic carbocycles. The third kappa shape index (κ3) is 3.37. The Hall–Kier alpha value is -3.16. The molecular formula is C17H18N4O4. The Morgan fingerprint density at radius 2 is 1.92 bits per heavy atom. The molecule has 130 valence electrons. The Balaban J connectivity index is 1.83. The van der Waals surface area contributed by atoms with Gasteiger partial charge >= 0.3 is 11.8 Å². The van der Waals surface area contributed by atoms with Gasteiger partial charge < -0.3 is 14.5 Å². The number of fused-ring (bicyclic) bond motifs is 1. The van der Waals surface area contributed by atoms with Gasteiger partial charge in [-0.05, 0) is 32.9 Å². The number of benzene rings is 1. The summed E-state index contributed by atoms with van der Waals surface area (Å²) in [5.74, 6) is -0.944. The van der Waals surface area contributed by atoms with Crippen LogP contribution in [-0.4, -0.2) is 27.0 Å². The zero-order valence-electron chi connectivity index (χ0n) is 14.2. The van der Waals surface area contributed by atoms with Crippen LogP contribution in [0.5, 0.6) is 6.01 Å². The van der Waals surface area contributed by atoms with Gasteiger partial charge in [0.1, 0.15) is 6.54 Å². The van der Waals surface area contributed by atoms with Crippen molar-refractivity contribution in [3.63, 3.8) is 0 Å². The number of ether oxygens (including phenoxy) is 1. The van der Waals surface area contributed by atoms with E-state index < -0.39 is 5.76 Å². The van der Waals surface area contributed by atoms with Gasteiger partial charge in [0.2, 0.25) is 5.91 Å². The van der Waals surface area contributed by atoms with Crippen molar-refractivity contribution >= 4 is 22.7 Å². The molecule has 0 aliphatic rings. The molecule has 8 heteroatoms. The first-order valence-electron chi connectivity index (χ1n) is 7.86. The summed E-state index contributed by atoms with van der Waals surface area (Å²) in [5, 5.41) is 2.76. The number of amides is 1. The maximum atomic E-state index is 12.4. The number of aryl methyl sites for hydroxylation is 2. The molecule has 0 radical (unpaired) electrons. The van der Waals surface area contributed by atoms with E-state index in [9.17, 15) is 9.59 Å². The van der Waals surface area contributed by atoms with Crippen LogP contribution in [0.3, 0.4) is 0 Å². The number of nitrogens with one attached hydrogen (secondary N) is 1. The van der Waals surface area contributed by atoms with E-state index >= 15 is 0 Å². The molecule has 0 fully saturated rings. The van der Waals surface area contributed by atoms with Gasteiger partial charge in [-0.2, -0.15) is 9.97 Å². The Morgan fingerprint density at radius 3 is 2.60 bits per heavy atom. The number of oxazole rings is 1. The van der Waals surface area contributed by atoms with Crippen LogP contribution in [0.1, 0.15) is 18.3 Å². The van der Waals surface area contributed by atoms with Gasteiger partial charge in [0.25, 0.3) is 0 Å². The average Bonchev–Trinajstić information content (AvgIpc) is 2.87. The van der Waals surface area contributed by atoms with Gasteiger partial charge in [-0.15, -0.1) is 0 Å². The number of hydrogen-bond donors (Lipinski definition) is 1. The summed E-state index contributed by atoms with van der Waals surface area (Å²) in [6.45, 7) is 5.65. The molecule has 2 heterocycles. The van der Waals surface area contributed by atoms with Crippen molar-refractivity contribution in [2.24, 2.45) is 0 Å². The van der Waals surface area contributed by atoms with Gasteiger partial charge in [-0.1, -0.05) is 12.1 Å². The summed E-state index contributed by atoms with van der Waals surface area (Å²) in [6, 6.07) is 7.22. The lowest BCUT2D eigenvalue weighted by Crippen LogP contribution is -2.25. The largest absolute Gasteiger partial charge is 0.464 e. The topological polar surface area (TPSA) is 99.2 Å². The number of aromatic nitrogens is 3. The van der Waals surface area contributed by atoms with Crippen LogP contribution in [0.4, 0.5) is 5.69 Å². The Kier molecular flexibility index (Phi) is 4.51. The number of para-hydroxylation sites is 2. The molecule has 1 aromatic carbocycles. The van der Waals surface area contributed by atoms with E-state index in [1.165, 1.54) is 4.57 Å². The SMILES string of the molecule is CCOc1nc(C)c(NC(=O)Cn2c(=O)oc3ccccc32)c(C)n1. The number of anilines is 1. The van der Waals surface area contributed by atoms with E-state index in [4.69, 9.17) is 9.15 Å². The van der Waals surface area contributed by atoms with Crippen LogP contribution in [0.25, 0.3) is 11.1 Å². The summed E-state index contributed by atoms with van der Waals surface area (Å²) in [7, 11) is 0. The first-order chi connectivity index (χ1) is 12.0. The number of hydrogen-bond acceptors (Lipinski definition) is 6. The minimum atomic E-state index is -0.576. The second kappa shape index (κ2) is 6.76. The molecular weight excluding hydrogens is 324 g/mol. The van der Waals surface area contributed by atoms with Crippen molar-refractivity contribution in [1.29, 1.82) is 0 Å². The lowest BCUT2D eigenvalue weighted by molar-refractivity contribution is -0.116. The van der Waals surface area contributed by atoms with Crippen LogP contribution < -0.4 is 15.8 Å². The molecule has 0 spiro atoms. The van der Waals surface area contributed by atoms with Crippen molar-refractivity contribution in [1.82, 2.24) is 14.5 Å². The normalized spacial score (nSPS) is 10.8. The fraction of sp³-hybridized carbons (Fsp3) is 0.294. The van der Waals surface area contributed by atoms with Gasteiger partial charge in [0.15, 0.2) is 5.58 Å². The number of carbonyl (C=O) groups is 1. The van der Waals surface area contributed by atoms with Crippen LogP contribution in [0.15, 0.2) is 33.5 Å². The van der Waals surface area contributed by atoms with Crippen molar-refractivity contribution < 1.29 is 13.9 Å². The summed E-state index contributed by atoms with van der Waals surface area (Å²) in [5.41, 5.74) is 2.70. The van der Waals surface area contributed by atoms with Gasteiger partial charge in [0.05, 0.1) is 29.2 Å². The van der Waals surface area contributed by atoms with Crippen molar-refractivity contribution in [2.45, 2.75) is 27.3 Å². The van der Waals surface area contributed by atoms with Crippen LogP contribution in [0, 0.1) is 13.8 Å². The van der Waals surface area contributed by atoms with E-state index in [1.54, 1.807) is 38.1 Å². The predicted octanol–water partition coefficient (Wildman–Crippen LogP) is 2.04. The number of nitrogens with zero attached hydrogens (tertiary/aromatic N) is 3. The number of rotatable bonds is 5. The van der Waals surface area contributed by atoms with Crippen LogP contribution in [0.2, 0.25) is 0 Å². The zero-order valence-corrected chi connectivity index (χ0v) is 14.2. The Morgan fingerprint density at radius 1 is 1.24 bits per heavy atom. The van der Waals surface area contributed by atoms with Gasteiger partial charge in [-0.3, -0.25) is 9.36 Å². The standard InChI is InChI=1S/C17H18N4O4/c1-4-24-16-18-10(2)15(11(3)19-16)20-14(22)9-21-12-7-5-6-8-13(12)25-17(21)23/h5-8H,4,9H2,1-3H3,(H,20,22). The minimum Gasteiger partial charge on any atom is -0.464 e. The molecule has 8 nitrogen and oxygen atoms in total. The fourth-order valence-electron chi connectivity index (χ4n) is 2.55. The highest BCUT2D eigenvalue weighted by molar-refractivity contribution is 5.92. The van der Waals surface area contributed by atoms with Crippen molar-refractivity contribution in [3.8, 4) is 6.01 Å². The molecule has 0 bridgehead atoms. The van der Waals surface area contributed by atoms with Crippen LogP contribution >= 0.6 is 0 Å². The molecule has 0 saturated heterocycles. The van der Waals surface area contributed by atoms with E-state index in [1.807, 2.05) is 6.92 Å². The van der Waals surface area contributed by atoms with Crippen LogP contribution in [-0.2, 0) is 11.3 Å². The monoisotopic (exact) mass is 342 g/mol. The van der Waals surface area contributed by atoms with E-state index in [0.29, 0.717) is 34.8 Å². The predicted molar refractivity (Wildman–Crippen MR) is 91.8 cm³/mol. The molecule has 1 N–H and O–H groups in total. The zero-order chi connectivity index (χ0) is 18.0. The summed E-state index contributed by atoms with van der Waals surface area (Å²) >= 11 is 0. The molecule has 2 aromatic heterocycles. The summed E-state index contributed by atoms with van der Waals surface area (Å²) < 4.78 is 11.7. The van der Waals surface area contributed by atoms with Crippen molar-refractivity contribution in [3.05, 3.63) is 46.2 Å². The van der Waals surface area contributed by atoms with E-state index in [-0.39, 0.29) is 18.5 Å². The third-order valence-corrected chi connectivity index (χ3v) is 3.66. The molecule has 3 rings (SSSR count). The average molecular weight is 342 g/mol. The maximum Gasteiger partial charge on any atom is 0.420 e. The lowest BCUT2D eigenvalue weighted by Gasteiger charge is -2.12. The highest BCUT2D eigenvalue weighted by Crippen LogP contribution is 2.20. The quantitative estimate of drug-likeness (QED) is 0.762. The minimum absolute atomic E-state index is 0.165. The molecule has 0 saturated carbocycles. The van der Waals surface area contributed by atoms with E-state index in [2.05, 4.69) is 15.3 Å². The fourth-order valence-corrected chi connectivity index (χ4v) is 2.55. The first kappa shape index (κ1) is 16.7. The molecule has 25 heavy (non-hydrogen) atoms. The molecule has 0 atom stereocenters. The smallest absolute Gasteiger partial charge is 0.420 e. The second-order valence-electron chi connectivity index (χ2n) is 5.46. The highest BCUT2D eigenvalue weighted by atomic mass is 16.5.